The molecule has 0 amide bonds. The van der Waals surface area contributed by atoms with Crippen LogP contribution in [0.1, 0.15) is 70.5 Å². The van der Waals surface area contributed by atoms with Crippen molar-refractivity contribution in [2.75, 3.05) is 0 Å². The van der Waals surface area contributed by atoms with E-state index in [0.29, 0.717) is 6.04 Å². The highest BCUT2D eigenvalue weighted by Crippen LogP contribution is 2.35. The van der Waals surface area contributed by atoms with Crippen LogP contribution in [0.15, 0.2) is 41.1 Å². The molecule has 0 aliphatic heterocycles. The van der Waals surface area contributed by atoms with Crippen LogP contribution in [-0.4, -0.2) is 9.55 Å². The van der Waals surface area contributed by atoms with Crippen molar-refractivity contribution in [3.8, 4) is 11.3 Å². The summed E-state index contributed by atoms with van der Waals surface area (Å²) in [6, 6.07) is 9.47. The molecule has 3 aromatic rings. The summed E-state index contributed by atoms with van der Waals surface area (Å²) in [6.45, 7) is 8.99. The van der Waals surface area contributed by atoms with Crippen molar-refractivity contribution in [2.24, 2.45) is 0 Å². The van der Waals surface area contributed by atoms with Crippen molar-refractivity contribution in [1.29, 1.82) is 0 Å². The maximum absolute atomic E-state index is 4.93. The number of halogens is 1. The zero-order valence-corrected chi connectivity index (χ0v) is 18.6. The van der Waals surface area contributed by atoms with Gasteiger partial charge < -0.3 is 4.57 Å². The van der Waals surface area contributed by atoms with Crippen LogP contribution in [0.25, 0.3) is 22.2 Å². The lowest BCUT2D eigenvalue weighted by Gasteiger charge is -2.19. The van der Waals surface area contributed by atoms with Crippen molar-refractivity contribution in [3.05, 3.63) is 52.3 Å². The van der Waals surface area contributed by atoms with Gasteiger partial charge in [0, 0.05) is 27.7 Å². The molecule has 144 valence electrons. The molecule has 0 fully saturated rings. The lowest BCUT2D eigenvalue weighted by atomic mass is 9.94. The van der Waals surface area contributed by atoms with Gasteiger partial charge in [0.2, 0.25) is 0 Å². The summed E-state index contributed by atoms with van der Waals surface area (Å²) in [5.41, 5.74) is 6.42. The molecule has 3 heteroatoms. The first-order chi connectivity index (χ1) is 13.1. The fourth-order valence-electron chi connectivity index (χ4n) is 4.21. The van der Waals surface area contributed by atoms with Crippen molar-refractivity contribution in [1.82, 2.24) is 9.55 Å². The molecule has 3 rings (SSSR count). The van der Waals surface area contributed by atoms with Crippen LogP contribution in [0, 0.1) is 0 Å². The van der Waals surface area contributed by atoms with Gasteiger partial charge in [0.15, 0.2) is 0 Å². The van der Waals surface area contributed by atoms with Crippen LogP contribution in [0.4, 0.5) is 0 Å². The maximum atomic E-state index is 4.93. The molecule has 0 saturated carbocycles. The number of hydrogen-bond acceptors (Lipinski definition) is 1. The Morgan fingerprint density at radius 2 is 1.63 bits per heavy atom. The monoisotopic (exact) mass is 426 g/mol. The number of pyridine rings is 1. The van der Waals surface area contributed by atoms with E-state index in [1.54, 1.807) is 0 Å². The van der Waals surface area contributed by atoms with Gasteiger partial charge in [-0.15, -0.1) is 0 Å². The highest BCUT2D eigenvalue weighted by atomic mass is 79.9. The second-order valence-corrected chi connectivity index (χ2v) is 8.21. The van der Waals surface area contributed by atoms with Gasteiger partial charge in [-0.1, -0.05) is 58.7 Å². The van der Waals surface area contributed by atoms with Crippen LogP contribution < -0.4 is 0 Å². The summed E-state index contributed by atoms with van der Waals surface area (Å²) in [6.07, 6.45) is 11.2. The standard InChI is InChI=1S/C24H31BrN2/c1-5-10-19(11-6-2)27-16-21(25)20-14-22(26-15-23(20)27)24-17(7-3)12-9-13-18(24)8-4/h9,12-16,19H,5-8,10-11H2,1-4H3. The van der Waals surface area contributed by atoms with Gasteiger partial charge in [-0.05, 0) is 58.8 Å². The predicted molar refractivity (Wildman–Crippen MR) is 120 cm³/mol. The molecule has 0 saturated heterocycles. The van der Waals surface area contributed by atoms with E-state index >= 15 is 0 Å². The van der Waals surface area contributed by atoms with Gasteiger partial charge in [0.1, 0.15) is 0 Å². The molecular weight excluding hydrogens is 396 g/mol. The van der Waals surface area contributed by atoms with Crippen LogP contribution >= 0.6 is 15.9 Å². The fourth-order valence-corrected chi connectivity index (χ4v) is 4.74. The van der Waals surface area contributed by atoms with E-state index in [4.69, 9.17) is 4.98 Å². The number of aromatic nitrogens is 2. The molecule has 0 radical (unpaired) electrons. The molecule has 2 heterocycles. The molecule has 0 N–H and O–H groups in total. The molecule has 27 heavy (non-hydrogen) atoms. The Morgan fingerprint density at radius 3 is 2.19 bits per heavy atom. The van der Waals surface area contributed by atoms with E-state index in [1.807, 2.05) is 0 Å². The summed E-state index contributed by atoms with van der Waals surface area (Å²) < 4.78 is 3.61. The van der Waals surface area contributed by atoms with E-state index in [-0.39, 0.29) is 0 Å². The zero-order valence-electron chi connectivity index (χ0n) is 17.1. The Kier molecular flexibility index (Phi) is 6.75. The van der Waals surface area contributed by atoms with Crippen molar-refractivity contribution >= 4 is 26.8 Å². The van der Waals surface area contributed by atoms with Crippen LogP contribution in [0.3, 0.4) is 0 Å². The molecule has 2 aromatic heterocycles. The average molecular weight is 427 g/mol. The fraction of sp³-hybridized carbons (Fsp3) is 0.458. The number of benzene rings is 1. The Balaban J connectivity index is 2.14. The Hall–Kier alpha value is -1.61. The molecule has 0 aliphatic carbocycles. The summed E-state index contributed by atoms with van der Waals surface area (Å²) in [7, 11) is 0. The largest absolute Gasteiger partial charge is 0.342 e. The molecule has 2 nitrogen and oxygen atoms in total. The number of hydrogen-bond donors (Lipinski definition) is 0. The summed E-state index contributed by atoms with van der Waals surface area (Å²) in [5, 5.41) is 1.27. The lowest BCUT2D eigenvalue weighted by molar-refractivity contribution is 0.437. The second-order valence-electron chi connectivity index (χ2n) is 7.36. The quantitative estimate of drug-likeness (QED) is 0.360. The van der Waals surface area contributed by atoms with Crippen molar-refractivity contribution in [2.45, 2.75) is 72.3 Å². The van der Waals surface area contributed by atoms with Gasteiger partial charge >= 0.3 is 0 Å². The van der Waals surface area contributed by atoms with Gasteiger partial charge in [0.05, 0.1) is 17.4 Å². The lowest BCUT2D eigenvalue weighted by Crippen LogP contribution is -2.07. The minimum Gasteiger partial charge on any atom is -0.342 e. The zero-order chi connectivity index (χ0) is 19.4. The smallest absolute Gasteiger partial charge is 0.0715 e. The molecule has 1 aromatic carbocycles. The van der Waals surface area contributed by atoms with Crippen molar-refractivity contribution in [3.63, 3.8) is 0 Å². The van der Waals surface area contributed by atoms with Crippen molar-refractivity contribution < 1.29 is 0 Å². The van der Waals surface area contributed by atoms with Crippen LogP contribution in [0.5, 0.6) is 0 Å². The third kappa shape index (κ3) is 3.99. The molecule has 0 bridgehead atoms. The van der Waals surface area contributed by atoms with E-state index < -0.39 is 0 Å². The normalized spacial score (nSPS) is 11.6. The molecule has 0 aliphatic rings. The number of nitrogens with zero attached hydrogens (tertiary/aromatic N) is 2. The first-order valence-electron chi connectivity index (χ1n) is 10.4. The number of rotatable bonds is 8. The third-order valence-electron chi connectivity index (χ3n) is 5.56. The Labute approximate surface area is 172 Å². The molecule has 0 spiro atoms. The van der Waals surface area contributed by atoms with E-state index in [0.717, 1.165) is 18.5 Å². The Bertz CT molecular complexity index is 882. The average Bonchev–Trinajstić information content (AvgIpc) is 3.03. The first kappa shape index (κ1) is 20.1. The minimum absolute atomic E-state index is 0.551. The minimum atomic E-state index is 0.551. The predicted octanol–water partition coefficient (Wildman–Crippen LogP) is 7.73. The van der Waals surface area contributed by atoms with E-state index in [2.05, 4.69) is 84.9 Å². The summed E-state index contributed by atoms with van der Waals surface area (Å²) >= 11 is 3.82. The van der Waals surface area contributed by atoms with E-state index in [1.165, 1.54) is 57.7 Å². The molecule has 0 atom stereocenters. The van der Waals surface area contributed by atoms with E-state index in [9.17, 15) is 0 Å². The topological polar surface area (TPSA) is 17.8 Å². The Morgan fingerprint density at radius 1 is 1.00 bits per heavy atom. The van der Waals surface area contributed by atoms with Gasteiger partial charge in [-0.25, -0.2) is 0 Å². The second kappa shape index (κ2) is 9.05. The van der Waals surface area contributed by atoms with Crippen LogP contribution in [0.2, 0.25) is 0 Å². The molecule has 0 unspecified atom stereocenters. The molecular formula is C24H31BrN2. The third-order valence-corrected chi connectivity index (χ3v) is 6.19. The number of fused-ring (bicyclic) bond motifs is 1. The van der Waals surface area contributed by atoms with Crippen LogP contribution in [-0.2, 0) is 12.8 Å². The summed E-state index contributed by atoms with van der Waals surface area (Å²) in [4.78, 5) is 4.93. The highest BCUT2D eigenvalue weighted by molar-refractivity contribution is 9.10. The SMILES string of the molecule is CCCC(CCC)n1cc(Br)c2cc(-c3c(CC)cccc3CC)ncc21. The maximum Gasteiger partial charge on any atom is 0.0715 e. The number of aryl methyl sites for hydroxylation is 2. The van der Waals surface area contributed by atoms with Gasteiger partial charge in [0.25, 0.3) is 0 Å². The summed E-state index contributed by atoms with van der Waals surface area (Å²) in [5.74, 6) is 0. The first-order valence-corrected chi connectivity index (χ1v) is 11.2. The van der Waals surface area contributed by atoms with Gasteiger partial charge in [-0.3, -0.25) is 4.98 Å². The highest BCUT2D eigenvalue weighted by Gasteiger charge is 2.17. The van der Waals surface area contributed by atoms with Gasteiger partial charge in [-0.2, -0.15) is 0 Å².